The van der Waals surface area contributed by atoms with Crippen LogP contribution < -0.4 is 9.73 Å². The number of carbonyl (C=O) groups excluding carboxylic acids is 1. The van der Waals surface area contributed by atoms with E-state index in [2.05, 4.69) is 26.5 Å². The van der Waals surface area contributed by atoms with E-state index in [-0.39, 0.29) is 5.69 Å². The standard InChI is InChI=1S/C17H14BrClF3N3O3S/c1-29(27,28)25(12-6-7-15(19)13(8-12)17(20,21)22)10-16(26)24-23-9-11-4-2-3-5-14(11)18/h2-9H,10H2,1H3,(H,24,26)/b23-9-. The summed E-state index contributed by atoms with van der Waals surface area (Å²) in [5, 5.41) is 3.14. The molecule has 6 nitrogen and oxygen atoms in total. The molecule has 2 rings (SSSR count). The summed E-state index contributed by atoms with van der Waals surface area (Å²) in [6.45, 7) is -0.773. The minimum atomic E-state index is -4.79. The Labute approximate surface area is 178 Å². The van der Waals surface area contributed by atoms with Crippen LogP contribution in [0.25, 0.3) is 0 Å². The highest BCUT2D eigenvalue weighted by Gasteiger charge is 2.34. The lowest BCUT2D eigenvalue weighted by Gasteiger charge is -2.22. The lowest BCUT2D eigenvalue weighted by molar-refractivity contribution is -0.137. The van der Waals surface area contributed by atoms with E-state index in [1.54, 1.807) is 24.3 Å². The third-order valence-electron chi connectivity index (χ3n) is 3.53. The van der Waals surface area contributed by atoms with Crippen LogP contribution in [0.4, 0.5) is 18.9 Å². The van der Waals surface area contributed by atoms with E-state index in [1.807, 2.05) is 0 Å². The summed E-state index contributed by atoms with van der Waals surface area (Å²) in [6.07, 6.45) is -2.69. The van der Waals surface area contributed by atoms with Crippen molar-refractivity contribution >= 4 is 55.4 Å². The Hall–Kier alpha value is -2.11. The van der Waals surface area contributed by atoms with Gasteiger partial charge in [0, 0.05) is 10.0 Å². The highest BCUT2D eigenvalue weighted by molar-refractivity contribution is 9.10. The zero-order chi connectivity index (χ0) is 21.8. The zero-order valence-corrected chi connectivity index (χ0v) is 17.9. The number of benzene rings is 2. The number of carbonyl (C=O) groups is 1. The van der Waals surface area contributed by atoms with Crippen LogP contribution in [0, 0.1) is 0 Å². The molecule has 0 unspecified atom stereocenters. The molecule has 0 aliphatic rings. The third-order valence-corrected chi connectivity index (χ3v) is 5.72. The van der Waals surface area contributed by atoms with Crippen LogP contribution in [0.2, 0.25) is 5.02 Å². The SMILES string of the molecule is CS(=O)(=O)N(CC(=O)N/N=C\c1ccccc1Br)c1ccc(Cl)c(C(F)(F)F)c1. The first kappa shape index (κ1) is 23.2. The number of nitrogens with zero attached hydrogens (tertiary/aromatic N) is 2. The minimum absolute atomic E-state index is 0.353. The molecule has 2 aromatic rings. The normalized spacial score (nSPS) is 12.2. The van der Waals surface area contributed by atoms with E-state index < -0.39 is 39.2 Å². The van der Waals surface area contributed by atoms with Gasteiger partial charge in [0.2, 0.25) is 10.0 Å². The van der Waals surface area contributed by atoms with Gasteiger partial charge in [0.15, 0.2) is 0 Å². The number of anilines is 1. The number of alkyl halides is 3. The van der Waals surface area contributed by atoms with Crippen LogP contribution in [0.15, 0.2) is 52.0 Å². The largest absolute Gasteiger partial charge is 0.417 e. The molecule has 0 aliphatic heterocycles. The van der Waals surface area contributed by atoms with Crippen molar-refractivity contribution in [3.05, 3.63) is 63.1 Å². The van der Waals surface area contributed by atoms with Gasteiger partial charge >= 0.3 is 6.18 Å². The second kappa shape index (κ2) is 9.14. The van der Waals surface area contributed by atoms with Gasteiger partial charge in [0.05, 0.1) is 28.7 Å². The number of nitrogens with one attached hydrogen (secondary N) is 1. The maximum atomic E-state index is 13.1. The molecule has 156 valence electrons. The molecule has 12 heteroatoms. The number of rotatable bonds is 6. The van der Waals surface area contributed by atoms with Gasteiger partial charge in [0.25, 0.3) is 5.91 Å². The van der Waals surface area contributed by atoms with E-state index in [0.29, 0.717) is 15.9 Å². The highest BCUT2D eigenvalue weighted by Crippen LogP contribution is 2.37. The number of halogens is 5. The minimum Gasteiger partial charge on any atom is -0.271 e. The van der Waals surface area contributed by atoms with Crippen molar-refractivity contribution < 1.29 is 26.4 Å². The van der Waals surface area contributed by atoms with Crippen molar-refractivity contribution in [1.29, 1.82) is 0 Å². The topological polar surface area (TPSA) is 78.8 Å². The van der Waals surface area contributed by atoms with E-state index in [0.717, 1.165) is 22.9 Å². The summed E-state index contributed by atoms with van der Waals surface area (Å²) in [6, 6.07) is 9.57. The quantitative estimate of drug-likeness (QED) is 0.469. The molecule has 29 heavy (non-hydrogen) atoms. The second-order valence-corrected chi connectivity index (χ2v) is 8.91. The van der Waals surface area contributed by atoms with Crippen molar-refractivity contribution in [2.75, 3.05) is 17.1 Å². The van der Waals surface area contributed by atoms with Gasteiger partial charge in [0.1, 0.15) is 6.54 Å². The molecule has 0 aromatic heterocycles. The molecule has 0 saturated carbocycles. The molecule has 0 fully saturated rings. The van der Waals surface area contributed by atoms with Crippen LogP contribution in [-0.2, 0) is 21.0 Å². The monoisotopic (exact) mass is 511 g/mol. The summed E-state index contributed by atoms with van der Waals surface area (Å²) in [4.78, 5) is 12.1. The molecule has 0 aliphatic carbocycles. The number of hydrogen-bond acceptors (Lipinski definition) is 4. The van der Waals surface area contributed by atoms with E-state index in [9.17, 15) is 26.4 Å². The number of sulfonamides is 1. The Morgan fingerprint density at radius 1 is 1.28 bits per heavy atom. The summed E-state index contributed by atoms with van der Waals surface area (Å²) in [5.41, 5.74) is 1.23. The van der Waals surface area contributed by atoms with Crippen molar-refractivity contribution in [2.24, 2.45) is 5.10 Å². The summed E-state index contributed by atoms with van der Waals surface area (Å²) in [5.74, 6) is -0.845. The van der Waals surface area contributed by atoms with E-state index in [1.165, 1.54) is 6.21 Å². The van der Waals surface area contributed by atoms with Crippen LogP contribution in [-0.4, -0.2) is 33.3 Å². The highest BCUT2D eigenvalue weighted by atomic mass is 79.9. The molecule has 0 bridgehead atoms. The Morgan fingerprint density at radius 2 is 1.93 bits per heavy atom. The molecule has 0 saturated heterocycles. The van der Waals surface area contributed by atoms with E-state index >= 15 is 0 Å². The molecule has 0 spiro atoms. The molecule has 0 radical (unpaired) electrons. The number of amides is 1. The lowest BCUT2D eigenvalue weighted by atomic mass is 10.2. The maximum Gasteiger partial charge on any atom is 0.417 e. The van der Waals surface area contributed by atoms with E-state index in [4.69, 9.17) is 11.6 Å². The Bertz CT molecular complexity index is 1050. The summed E-state index contributed by atoms with van der Waals surface area (Å²) in [7, 11) is -4.07. The molecule has 1 amide bonds. The fourth-order valence-corrected chi connectivity index (χ4v) is 3.67. The van der Waals surface area contributed by atoms with Gasteiger partial charge in [-0.15, -0.1) is 0 Å². The molecular formula is C17H14BrClF3N3O3S. The van der Waals surface area contributed by atoms with Crippen LogP contribution in [0.3, 0.4) is 0 Å². The zero-order valence-electron chi connectivity index (χ0n) is 14.7. The maximum absolute atomic E-state index is 13.1. The fourth-order valence-electron chi connectivity index (χ4n) is 2.21. The fraction of sp³-hybridized carbons (Fsp3) is 0.176. The second-order valence-electron chi connectivity index (χ2n) is 5.75. The third kappa shape index (κ3) is 6.44. The van der Waals surface area contributed by atoms with Crippen LogP contribution in [0.1, 0.15) is 11.1 Å². The van der Waals surface area contributed by atoms with Gasteiger partial charge in [-0.1, -0.05) is 45.7 Å². The van der Waals surface area contributed by atoms with Gasteiger partial charge in [-0.3, -0.25) is 9.10 Å². The smallest absolute Gasteiger partial charge is 0.271 e. The number of hydrazone groups is 1. The van der Waals surface area contributed by atoms with Gasteiger partial charge in [-0.2, -0.15) is 18.3 Å². The molecule has 2 aromatic carbocycles. The molecule has 0 heterocycles. The van der Waals surface area contributed by atoms with Crippen LogP contribution >= 0.6 is 27.5 Å². The predicted molar refractivity (Wildman–Crippen MR) is 109 cm³/mol. The Morgan fingerprint density at radius 3 is 2.52 bits per heavy atom. The van der Waals surface area contributed by atoms with Crippen molar-refractivity contribution in [1.82, 2.24) is 5.43 Å². The summed E-state index contributed by atoms with van der Waals surface area (Å²) < 4.78 is 64.5. The average molecular weight is 513 g/mol. The van der Waals surface area contributed by atoms with Crippen molar-refractivity contribution in [2.45, 2.75) is 6.18 Å². The first-order valence-electron chi connectivity index (χ1n) is 7.80. The lowest BCUT2D eigenvalue weighted by Crippen LogP contribution is -2.39. The predicted octanol–water partition coefficient (Wildman–Crippen LogP) is 4.04. The first-order chi connectivity index (χ1) is 13.4. The molecular weight excluding hydrogens is 499 g/mol. The number of hydrogen-bond donors (Lipinski definition) is 1. The van der Waals surface area contributed by atoms with Gasteiger partial charge < -0.3 is 0 Å². The summed E-state index contributed by atoms with van der Waals surface area (Å²) >= 11 is 8.85. The Balaban J connectivity index is 2.22. The Kier molecular flexibility index (Phi) is 7.30. The average Bonchev–Trinajstić information content (AvgIpc) is 2.60. The van der Waals surface area contributed by atoms with Crippen molar-refractivity contribution in [3.8, 4) is 0 Å². The van der Waals surface area contributed by atoms with Gasteiger partial charge in [-0.25, -0.2) is 13.8 Å². The van der Waals surface area contributed by atoms with Crippen molar-refractivity contribution in [3.63, 3.8) is 0 Å². The molecule has 0 atom stereocenters. The first-order valence-corrected chi connectivity index (χ1v) is 10.8. The van der Waals surface area contributed by atoms with Crippen LogP contribution in [0.5, 0.6) is 0 Å². The molecule has 1 N–H and O–H groups in total. The van der Waals surface area contributed by atoms with Gasteiger partial charge in [-0.05, 0) is 24.3 Å².